The Labute approximate surface area is 176 Å². The Balaban J connectivity index is 1.59. The van der Waals surface area contributed by atoms with Gasteiger partial charge < -0.3 is 15.2 Å². The van der Waals surface area contributed by atoms with E-state index in [0.717, 1.165) is 24.1 Å². The molecule has 2 amide bonds. The van der Waals surface area contributed by atoms with Crippen molar-refractivity contribution in [2.45, 2.75) is 75.9 Å². The van der Waals surface area contributed by atoms with Gasteiger partial charge in [0.25, 0.3) is 0 Å². The van der Waals surface area contributed by atoms with E-state index in [1.165, 1.54) is 24.6 Å². The molecule has 8 heteroatoms. The highest BCUT2D eigenvalue weighted by atomic mass is 32.2. The van der Waals surface area contributed by atoms with Gasteiger partial charge in [-0.1, -0.05) is 42.3 Å². The van der Waals surface area contributed by atoms with Crippen LogP contribution in [-0.4, -0.2) is 37.9 Å². The third-order valence-corrected chi connectivity index (χ3v) is 6.20. The number of nitrogens with one attached hydrogen (secondary N) is 2. The Kier molecular flexibility index (Phi) is 7.30. The van der Waals surface area contributed by atoms with E-state index in [2.05, 4.69) is 20.8 Å². The molecule has 1 saturated carbocycles. The molecule has 1 aliphatic rings. The molecular weight excluding hydrogens is 386 g/mol. The third-order valence-electron chi connectivity index (χ3n) is 5.12. The second kappa shape index (κ2) is 9.91. The zero-order valence-electron chi connectivity index (χ0n) is 17.3. The molecule has 3 rings (SSSR count). The number of carbonyl (C=O) groups is 2. The van der Waals surface area contributed by atoms with Gasteiger partial charge in [0.15, 0.2) is 5.16 Å². The number of thioether (sulfide) groups is 1. The molecule has 1 aromatic carbocycles. The van der Waals surface area contributed by atoms with Gasteiger partial charge in [0, 0.05) is 18.3 Å². The quantitative estimate of drug-likeness (QED) is 0.646. The Morgan fingerprint density at radius 3 is 2.55 bits per heavy atom. The van der Waals surface area contributed by atoms with E-state index < -0.39 is 0 Å². The Hall–Kier alpha value is -2.35. The lowest BCUT2D eigenvalue weighted by Gasteiger charge is -2.16. The van der Waals surface area contributed by atoms with Crippen molar-refractivity contribution >= 4 is 29.3 Å². The number of hydrogen-bond donors (Lipinski definition) is 2. The van der Waals surface area contributed by atoms with Crippen LogP contribution < -0.4 is 10.6 Å². The highest BCUT2D eigenvalue weighted by Gasteiger charge is 2.24. The van der Waals surface area contributed by atoms with Crippen LogP contribution in [-0.2, 0) is 22.6 Å². The molecule has 0 bridgehead atoms. The van der Waals surface area contributed by atoms with E-state index in [4.69, 9.17) is 0 Å². The molecule has 2 aromatic rings. The lowest BCUT2D eigenvalue weighted by atomic mass is 10.2. The topological polar surface area (TPSA) is 88.9 Å². The van der Waals surface area contributed by atoms with Gasteiger partial charge in [-0.05, 0) is 45.7 Å². The highest BCUT2D eigenvalue weighted by Crippen LogP contribution is 2.24. The van der Waals surface area contributed by atoms with Crippen LogP contribution in [0.1, 0.15) is 50.9 Å². The maximum atomic E-state index is 12.5. The van der Waals surface area contributed by atoms with Gasteiger partial charge in [-0.15, -0.1) is 10.2 Å². The molecule has 0 spiro atoms. The highest BCUT2D eigenvalue weighted by molar-refractivity contribution is 8.00. The van der Waals surface area contributed by atoms with Gasteiger partial charge in [-0.25, -0.2) is 0 Å². The summed E-state index contributed by atoms with van der Waals surface area (Å²) in [4.78, 5) is 24.9. The molecule has 0 radical (unpaired) electrons. The van der Waals surface area contributed by atoms with Crippen molar-refractivity contribution in [1.29, 1.82) is 0 Å². The van der Waals surface area contributed by atoms with Gasteiger partial charge in [0.05, 0.1) is 11.7 Å². The van der Waals surface area contributed by atoms with Crippen LogP contribution in [0.2, 0.25) is 0 Å². The molecule has 0 saturated heterocycles. The van der Waals surface area contributed by atoms with Gasteiger partial charge in [-0.3, -0.25) is 9.59 Å². The number of anilines is 1. The number of aryl methyl sites for hydroxylation is 1. The summed E-state index contributed by atoms with van der Waals surface area (Å²) < 4.78 is 1.90. The fraction of sp³-hybridized carbons (Fsp3) is 0.524. The number of nitrogens with zero attached hydrogens (tertiary/aromatic N) is 3. The predicted octanol–water partition coefficient (Wildman–Crippen LogP) is 3.33. The molecule has 1 unspecified atom stereocenters. The summed E-state index contributed by atoms with van der Waals surface area (Å²) in [6, 6.07) is 7.97. The lowest BCUT2D eigenvalue weighted by Crippen LogP contribution is -2.37. The first kappa shape index (κ1) is 21.4. The molecule has 1 aromatic heterocycles. The minimum Gasteiger partial charge on any atom is -0.352 e. The predicted molar refractivity (Wildman–Crippen MR) is 115 cm³/mol. The Morgan fingerprint density at radius 2 is 1.90 bits per heavy atom. The molecule has 1 fully saturated rings. The number of aromatic nitrogens is 3. The monoisotopic (exact) mass is 415 g/mol. The first-order chi connectivity index (χ1) is 14.0. The summed E-state index contributed by atoms with van der Waals surface area (Å²) in [6.07, 6.45) is 4.64. The zero-order chi connectivity index (χ0) is 20.8. The van der Waals surface area contributed by atoms with Crippen molar-refractivity contribution in [3.8, 4) is 0 Å². The number of hydrogen-bond acceptors (Lipinski definition) is 5. The van der Waals surface area contributed by atoms with E-state index in [9.17, 15) is 9.59 Å². The van der Waals surface area contributed by atoms with Crippen LogP contribution in [0.3, 0.4) is 0 Å². The zero-order valence-corrected chi connectivity index (χ0v) is 18.1. The van der Waals surface area contributed by atoms with Crippen molar-refractivity contribution < 1.29 is 9.59 Å². The van der Waals surface area contributed by atoms with Gasteiger partial charge in [-0.2, -0.15) is 0 Å². The largest absolute Gasteiger partial charge is 0.352 e. The molecule has 2 N–H and O–H groups in total. The van der Waals surface area contributed by atoms with E-state index in [-0.39, 0.29) is 23.5 Å². The van der Waals surface area contributed by atoms with Crippen LogP contribution in [0.5, 0.6) is 0 Å². The van der Waals surface area contributed by atoms with Crippen LogP contribution in [0.25, 0.3) is 0 Å². The first-order valence-electron chi connectivity index (χ1n) is 10.2. The average Bonchev–Trinajstić information content (AvgIpc) is 3.33. The van der Waals surface area contributed by atoms with Crippen molar-refractivity contribution in [2.75, 3.05) is 5.32 Å². The van der Waals surface area contributed by atoms with Crippen LogP contribution in [0.4, 0.5) is 5.69 Å². The molecule has 1 atom stereocenters. The van der Waals surface area contributed by atoms with Gasteiger partial charge >= 0.3 is 0 Å². The molecular formula is C21H29N5O2S. The maximum Gasteiger partial charge on any atom is 0.233 e. The van der Waals surface area contributed by atoms with Gasteiger partial charge in [0.2, 0.25) is 11.8 Å². The van der Waals surface area contributed by atoms with E-state index >= 15 is 0 Å². The van der Waals surface area contributed by atoms with Crippen molar-refractivity contribution in [3.05, 3.63) is 35.7 Å². The maximum absolute atomic E-state index is 12.5. The molecule has 7 nitrogen and oxygen atoms in total. The third kappa shape index (κ3) is 5.82. The van der Waals surface area contributed by atoms with E-state index in [1.807, 2.05) is 49.6 Å². The fourth-order valence-corrected chi connectivity index (χ4v) is 4.38. The molecule has 156 valence electrons. The molecule has 0 aliphatic heterocycles. The van der Waals surface area contributed by atoms with E-state index in [1.54, 1.807) is 0 Å². The Bertz CT molecular complexity index is 843. The number of carbonyl (C=O) groups excluding carboxylic acids is 2. The average molecular weight is 416 g/mol. The molecule has 29 heavy (non-hydrogen) atoms. The number of rotatable bonds is 8. The van der Waals surface area contributed by atoms with Crippen molar-refractivity contribution in [1.82, 2.24) is 20.1 Å². The smallest absolute Gasteiger partial charge is 0.233 e. The minimum absolute atomic E-state index is 0.0335. The van der Waals surface area contributed by atoms with E-state index in [0.29, 0.717) is 23.6 Å². The van der Waals surface area contributed by atoms with Crippen molar-refractivity contribution in [3.63, 3.8) is 0 Å². The van der Waals surface area contributed by atoms with Crippen LogP contribution in [0.15, 0.2) is 29.4 Å². The number of benzene rings is 1. The number of amides is 2. The SMILES string of the molecule is CCn1c(CC(=O)Nc2ccc(C)cc2)nnc1SC(C)C(=O)NC1CCCC1. The second-order valence-corrected chi connectivity index (χ2v) is 8.79. The lowest BCUT2D eigenvalue weighted by molar-refractivity contribution is -0.121. The minimum atomic E-state index is -0.265. The second-order valence-electron chi connectivity index (χ2n) is 7.48. The summed E-state index contributed by atoms with van der Waals surface area (Å²) >= 11 is 1.39. The standard InChI is InChI=1S/C21H29N5O2S/c1-4-26-18(13-19(27)22-17-11-9-14(2)10-12-17)24-25-21(26)29-15(3)20(28)23-16-7-5-6-8-16/h9-12,15-16H,4-8,13H2,1-3H3,(H,22,27)(H,23,28). The molecule has 1 aliphatic carbocycles. The van der Waals surface area contributed by atoms with Gasteiger partial charge in [0.1, 0.15) is 5.82 Å². The van der Waals surface area contributed by atoms with Crippen molar-refractivity contribution in [2.24, 2.45) is 0 Å². The summed E-state index contributed by atoms with van der Waals surface area (Å²) in [5.74, 6) is 0.494. The summed E-state index contributed by atoms with van der Waals surface area (Å²) in [5.41, 5.74) is 1.90. The fourth-order valence-electron chi connectivity index (χ4n) is 3.44. The molecule has 1 heterocycles. The normalized spacial score (nSPS) is 15.3. The summed E-state index contributed by atoms with van der Waals surface area (Å²) in [6.45, 7) is 6.51. The summed E-state index contributed by atoms with van der Waals surface area (Å²) in [7, 11) is 0. The first-order valence-corrected chi connectivity index (χ1v) is 11.1. The van der Waals surface area contributed by atoms with Crippen LogP contribution in [0, 0.1) is 6.92 Å². The van der Waals surface area contributed by atoms with Crippen LogP contribution >= 0.6 is 11.8 Å². The summed E-state index contributed by atoms with van der Waals surface area (Å²) in [5, 5.41) is 14.8. The Morgan fingerprint density at radius 1 is 1.21 bits per heavy atom.